The zero-order valence-electron chi connectivity index (χ0n) is 13.3. The van der Waals surface area contributed by atoms with Gasteiger partial charge in [0.25, 0.3) is 0 Å². The molecule has 0 fully saturated rings. The number of amides is 1. The van der Waals surface area contributed by atoms with E-state index in [1.807, 2.05) is 13.8 Å². The van der Waals surface area contributed by atoms with Gasteiger partial charge in [-0.15, -0.1) is 0 Å². The number of hydrogen-bond acceptors (Lipinski definition) is 3. The number of nitrogens with one attached hydrogen (secondary N) is 1. The molecule has 1 amide bonds. The van der Waals surface area contributed by atoms with E-state index < -0.39 is 0 Å². The Morgan fingerprint density at radius 3 is 2.16 bits per heavy atom. The van der Waals surface area contributed by atoms with Crippen LogP contribution in [0.2, 0.25) is 0 Å². The minimum Gasteiger partial charge on any atom is -0.396 e. The van der Waals surface area contributed by atoms with Crippen LogP contribution in [0.4, 0.5) is 0 Å². The van der Waals surface area contributed by atoms with Crippen molar-refractivity contribution in [3.05, 3.63) is 0 Å². The predicted molar refractivity (Wildman–Crippen MR) is 79.8 cm³/mol. The van der Waals surface area contributed by atoms with E-state index in [0.29, 0.717) is 13.0 Å². The third-order valence-electron chi connectivity index (χ3n) is 3.82. The Morgan fingerprint density at radius 1 is 1.26 bits per heavy atom. The highest BCUT2D eigenvalue weighted by Gasteiger charge is 2.26. The van der Waals surface area contributed by atoms with E-state index in [2.05, 4.69) is 26.1 Å². The highest BCUT2D eigenvalue weighted by atomic mass is 16.3. The first kappa shape index (κ1) is 18.4. The molecule has 4 heteroatoms. The molecule has 0 heterocycles. The Morgan fingerprint density at radius 2 is 1.79 bits per heavy atom. The van der Waals surface area contributed by atoms with Crippen molar-refractivity contribution in [3.63, 3.8) is 0 Å². The second-order valence-electron chi connectivity index (χ2n) is 6.87. The van der Waals surface area contributed by atoms with Gasteiger partial charge in [-0.25, -0.2) is 0 Å². The molecule has 1 atom stereocenters. The maximum absolute atomic E-state index is 11.9. The van der Waals surface area contributed by atoms with E-state index in [9.17, 15) is 9.90 Å². The largest absolute Gasteiger partial charge is 0.396 e. The summed E-state index contributed by atoms with van der Waals surface area (Å²) in [7, 11) is 0. The molecule has 114 valence electrons. The quantitative estimate of drug-likeness (QED) is 0.633. The zero-order valence-corrected chi connectivity index (χ0v) is 13.3. The standard InChI is InChI=1S/C15H32N2O2/c1-6-15(7-2,11-18)10-17-13(19)8-12(16)9-14(3,4)5/h12,18H,6-11,16H2,1-5H3,(H,17,19). The highest BCUT2D eigenvalue weighted by molar-refractivity contribution is 5.76. The van der Waals surface area contributed by atoms with E-state index in [1.165, 1.54) is 0 Å². The first-order chi connectivity index (χ1) is 8.68. The maximum Gasteiger partial charge on any atom is 0.221 e. The molecule has 0 radical (unpaired) electrons. The minimum absolute atomic E-state index is 0.0172. The van der Waals surface area contributed by atoms with Gasteiger partial charge < -0.3 is 16.2 Å². The van der Waals surface area contributed by atoms with Crippen molar-refractivity contribution in [2.24, 2.45) is 16.6 Å². The zero-order chi connectivity index (χ0) is 15.1. The molecule has 0 aromatic heterocycles. The number of carbonyl (C=O) groups excluding carboxylic acids is 1. The smallest absolute Gasteiger partial charge is 0.221 e. The molecule has 0 spiro atoms. The van der Waals surface area contributed by atoms with E-state index in [-0.39, 0.29) is 29.4 Å². The molecular weight excluding hydrogens is 240 g/mol. The average molecular weight is 272 g/mol. The lowest BCUT2D eigenvalue weighted by Gasteiger charge is -2.30. The van der Waals surface area contributed by atoms with Gasteiger partial charge in [-0.1, -0.05) is 34.6 Å². The second kappa shape index (κ2) is 7.85. The van der Waals surface area contributed by atoms with Gasteiger partial charge in [0.15, 0.2) is 0 Å². The van der Waals surface area contributed by atoms with Crippen LogP contribution in [0.1, 0.15) is 60.3 Å². The number of aliphatic hydroxyl groups is 1. The van der Waals surface area contributed by atoms with Crippen molar-refractivity contribution in [1.82, 2.24) is 5.32 Å². The highest BCUT2D eigenvalue weighted by Crippen LogP contribution is 2.24. The van der Waals surface area contributed by atoms with Crippen molar-refractivity contribution in [3.8, 4) is 0 Å². The van der Waals surface area contributed by atoms with E-state index in [0.717, 1.165) is 19.3 Å². The molecule has 19 heavy (non-hydrogen) atoms. The first-order valence-corrected chi connectivity index (χ1v) is 7.31. The van der Waals surface area contributed by atoms with Gasteiger partial charge in [0.05, 0.1) is 6.61 Å². The summed E-state index contributed by atoms with van der Waals surface area (Å²) in [4.78, 5) is 11.9. The van der Waals surface area contributed by atoms with Gasteiger partial charge in [-0.3, -0.25) is 4.79 Å². The van der Waals surface area contributed by atoms with Crippen molar-refractivity contribution in [2.45, 2.75) is 66.3 Å². The van der Waals surface area contributed by atoms with Crippen molar-refractivity contribution < 1.29 is 9.90 Å². The monoisotopic (exact) mass is 272 g/mol. The van der Waals surface area contributed by atoms with Gasteiger partial charge in [-0.2, -0.15) is 0 Å². The first-order valence-electron chi connectivity index (χ1n) is 7.31. The SMILES string of the molecule is CCC(CC)(CO)CNC(=O)CC(N)CC(C)(C)C. The number of hydrogen-bond donors (Lipinski definition) is 3. The molecule has 0 aliphatic carbocycles. The lowest BCUT2D eigenvalue weighted by molar-refractivity contribution is -0.122. The van der Waals surface area contributed by atoms with Gasteiger partial charge in [0.2, 0.25) is 5.91 Å². The Bertz CT molecular complexity index is 260. The predicted octanol–water partition coefficient (Wildman–Crippen LogP) is 2.05. The van der Waals surface area contributed by atoms with Gasteiger partial charge in [0, 0.05) is 24.4 Å². The summed E-state index contributed by atoms with van der Waals surface area (Å²) in [5.74, 6) is -0.0172. The van der Waals surface area contributed by atoms with Crippen LogP contribution in [0.25, 0.3) is 0 Å². The molecule has 0 aromatic carbocycles. The van der Waals surface area contributed by atoms with Crippen molar-refractivity contribution in [1.29, 1.82) is 0 Å². The molecule has 1 unspecified atom stereocenters. The Labute approximate surface area is 118 Å². The number of carbonyl (C=O) groups is 1. The van der Waals surface area contributed by atoms with Crippen LogP contribution in [0.5, 0.6) is 0 Å². The normalized spacial score (nSPS) is 14.3. The molecule has 4 nitrogen and oxygen atoms in total. The van der Waals surface area contributed by atoms with Gasteiger partial charge in [0.1, 0.15) is 0 Å². The van der Waals surface area contributed by atoms with Crippen LogP contribution >= 0.6 is 0 Å². The summed E-state index contributed by atoms with van der Waals surface area (Å²) in [5, 5.41) is 12.4. The van der Waals surface area contributed by atoms with E-state index >= 15 is 0 Å². The molecule has 0 bridgehead atoms. The second-order valence-corrected chi connectivity index (χ2v) is 6.87. The van der Waals surface area contributed by atoms with Crippen molar-refractivity contribution in [2.75, 3.05) is 13.2 Å². The van der Waals surface area contributed by atoms with Crippen LogP contribution in [0.3, 0.4) is 0 Å². The number of rotatable bonds is 8. The molecule has 0 aliphatic rings. The summed E-state index contributed by atoms with van der Waals surface area (Å²) in [6.45, 7) is 11.1. The van der Waals surface area contributed by atoms with E-state index in [4.69, 9.17) is 5.73 Å². The molecule has 0 aromatic rings. The molecule has 0 aliphatic heterocycles. The maximum atomic E-state index is 11.9. The summed E-state index contributed by atoms with van der Waals surface area (Å²) < 4.78 is 0. The summed E-state index contributed by atoms with van der Waals surface area (Å²) in [5.41, 5.74) is 5.94. The van der Waals surface area contributed by atoms with Crippen LogP contribution in [-0.2, 0) is 4.79 Å². The summed E-state index contributed by atoms with van der Waals surface area (Å²) in [6.07, 6.45) is 2.89. The van der Waals surface area contributed by atoms with Crippen LogP contribution in [-0.4, -0.2) is 30.2 Å². The van der Waals surface area contributed by atoms with Crippen LogP contribution in [0, 0.1) is 10.8 Å². The average Bonchev–Trinajstić information content (AvgIpc) is 2.29. The fourth-order valence-corrected chi connectivity index (χ4v) is 2.23. The van der Waals surface area contributed by atoms with Crippen molar-refractivity contribution >= 4 is 5.91 Å². The molecule has 0 saturated heterocycles. The van der Waals surface area contributed by atoms with Crippen LogP contribution in [0.15, 0.2) is 0 Å². The Hall–Kier alpha value is -0.610. The topological polar surface area (TPSA) is 75.3 Å². The fourth-order valence-electron chi connectivity index (χ4n) is 2.23. The minimum atomic E-state index is -0.191. The van der Waals surface area contributed by atoms with Gasteiger partial charge >= 0.3 is 0 Å². The molecule has 0 saturated carbocycles. The third-order valence-corrected chi connectivity index (χ3v) is 3.82. The fraction of sp³-hybridized carbons (Fsp3) is 0.933. The third kappa shape index (κ3) is 7.53. The molecule has 4 N–H and O–H groups in total. The summed E-state index contributed by atoms with van der Waals surface area (Å²) >= 11 is 0. The summed E-state index contributed by atoms with van der Waals surface area (Å²) in [6, 6.07) is -0.105. The molecular formula is C15H32N2O2. The number of aliphatic hydroxyl groups excluding tert-OH is 1. The number of nitrogens with two attached hydrogens (primary N) is 1. The lowest BCUT2D eigenvalue weighted by Crippen LogP contribution is -2.41. The Balaban J connectivity index is 4.18. The lowest BCUT2D eigenvalue weighted by atomic mass is 9.83. The Kier molecular flexibility index (Phi) is 7.60. The van der Waals surface area contributed by atoms with Crippen LogP contribution < -0.4 is 11.1 Å². The van der Waals surface area contributed by atoms with E-state index in [1.54, 1.807) is 0 Å². The van der Waals surface area contributed by atoms with Gasteiger partial charge in [-0.05, 0) is 24.7 Å². The molecule has 0 rings (SSSR count).